The van der Waals surface area contributed by atoms with Crippen LogP contribution in [0.1, 0.15) is 37.3 Å². The molecule has 2 rings (SSSR count). The molecule has 1 saturated heterocycles. The summed E-state index contributed by atoms with van der Waals surface area (Å²) in [5, 5.41) is 8.80. The molecule has 1 aromatic rings. The van der Waals surface area contributed by atoms with Crippen LogP contribution in [-0.2, 0) is 20.4 Å². The maximum atomic E-state index is 12.6. The van der Waals surface area contributed by atoms with Crippen molar-refractivity contribution >= 4 is 27.5 Å². The third-order valence-corrected chi connectivity index (χ3v) is 7.04. The zero-order valence-electron chi connectivity index (χ0n) is 14.5. The Labute approximate surface area is 154 Å². The zero-order chi connectivity index (χ0) is 18.3. The fraction of sp³-hybridized carbons (Fsp3) is 0.556. The van der Waals surface area contributed by atoms with E-state index in [0.29, 0.717) is 30.0 Å². The maximum Gasteiger partial charge on any atom is 0.232 e. The molecule has 7 heteroatoms. The van der Waals surface area contributed by atoms with E-state index in [9.17, 15) is 13.2 Å². The summed E-state index contributed by atoms with van der Waals surface area (Å²) < 4.78 is 23.5. The van der Waals surface area contributed by atoms with Crippen LogP contribution in [0.15, 0.2) is 24.3 Å². The number of carbonyl (C=O) groups excluding carboxylic acids is 1. The van der Waals surface area contributed by atoms with Gasteiger partial charge in [-0.05, 0) is 30.5 Å². The van der Waals surface area contributed by atoms with Gasteiger partial charge < -0.3 is 4.90 Å². The van der Waals surface area contributed by atoms with Crippen LogP contribution in [0.5, 0.6) is 0 Å². The van der Waals surface area contributed by atoms with Gasteiger partial charge in [0.1, 0.15) is 0 Å². The molecule has 0 radical (unpaired) electrons. The number of carbonyl (C=O) groups is 1. The Morgan fingerprint density at radius 1 is 1.36 bits per heavy atom. The van der Waals surface area contributed by atoms with E-state index in [-0.39, 0.29) is 23.5 Å². The van der Waals surface area contributed by atoms with Gasteiger partial charge >= 0.3 is 0 Å². The zero-order valence-corrected chi connectivity index (χ0v) is 16.1. The van der Waals surface area contributed by atoms with Crippen molar-refractivity contribution in [2.75, 3.05) is 23.8 Å². The number of thioether (sulfide) groups is 1. The van der Waals surface area contributed by atoms with Crippen molar-refractivity contribution in [3.63, 3.8) is 0 Å². The highest BCUT2D eigenvalue weighted by molar-refractivity contribution is 7.99. The van der Waals surface area contributed by atoms with Gasteiger partial charge in [-0.15, -0.1) is 11.8 Å². The molecule has 1 fully saturated rings. The summed E-state index contributed by atoms with van der Waals surface area (Å²) in [5.41, 5.74) is 1.69. The second-order valence-electron chi connectivity index (χ2n) is 6.30. The first kappa shape index (κ1) is 19.8. The quantitative estimate of drug-likeness (QED) is 0.693. The summed E-state index contributed by atoms with van der Waals surface area (Å²) in [4.78, 5) is 14.4. The van der Waals surface area contributed by atoms with Crippen molar-refractivity contribution in [3.8, 4) is 6.07 Å². The molecule has 1 heterocycles. The second-order valence-corrected chi connectivity index (χ2v) is 9.51. The van der Waals surface area contributed by atoms with Gasteiger partial charge in [0, 0.05) is 18.3 Å². The van der Waals surface area contributed by atoms with Crippen molar-refractivity contribution in [1.82, 2.24) is 4.90 Å². The average Bonchev–Trinajstić information content (AvgIpc) is 2.95. The summed E-state index contributed by atoms with van der Waals surface area (Å²) in [6.07, 6.45) is 2.42. The molecule has 1 atom stereocenters. The Morgan fingerprint density at radius 2 is 2.08 bits per heavy atom. The van der Waals surface area contributed by atoms with Gasteiger partial charge in [0.05, 0.1) is 28.9 Å². The molecule has 0 bridgehead atoms. The Hall–Kier alpha value is -1.52. The molecular weight excluding hydrogens is 356 g/mol. The average molecular weight is 381 g/mol. The number of hydrogen-bond acceptors (Lipinski definition) is 5. The highest BCUT2D eigenvalue weighted by Crippen LogP contribution is 2.21. The molecule has 1 aromatic carbocycles. The van der Waals surface area contributed by atoms with Crippen LogP contribution in [0.25, 0.3) is 0 Å². The van der Waals surface area contributed by atoms with Crippen LogP contribution in [0, 0.1) is 11.3 Å². The van der Waals surface area contributed by atoms with Gasteiger partial charge in [-0.1, -0.05) is 25.5 Å². The lowest BCUT2D eigenvalue weighted by Gasteiger charge is -2.28. The molecule has 5 nitrogen and oxygen atoms in total. The summed E-state index contributed by atoms with van der Waals surface area (Å²) in [7, 11) is -3.00. The lowest BCUT2D eigenvalue weighted by Crippen LogP contribution is -2.42. The van der Waals surface area contributed by atoms with Crippen molar-refractivity contribution in [1.29, 1.82) is 5.26 Å². The molecule has 1 aliphatic rings. The number of nitriles is 1. The summed E-state index contributed by atoms with van der Waals surface area (Å²) >= 11 is 1.52. The number of sulfone groups is 1. The van der Waals surface area contributed by atoms with Crippen LogP contribution in [-0.4, -0.2) is 49.1 Å². The lowest BCUT2D eigenvalue weighted by molar-refractivity contribution is -0.130. The van der Waals surface area contributed by atoms with E-state index in [1.165, 1.54) is 11.8 Å². The SMILES string of the molecule is CCCCN(C(=O)CSCc1ccc(C#N)cc1)C1CCS(=O)(=O)C1. The van der Waals surface area contributed by atoms with Gasteiger partial charge in [-0.2, -0.15) is 5.26 Å². The predicted octanol–water partition coefficient (Wildman–Crippen LogP) is 2.61. The number of nitrogens with zero attached hydrogens (tertiary/aromatic N) is 2. The molecule has 0 aromatic heterocycles. The van der Waals surface area contributed by atoms with Crippen LogP contribution < -0.4 is 0 Å². The second kappa shape index (κ2) is 9.25. The Balaban J connectivity index is 1.89. The summed E-state index contributed by atoms with van der Waals surface area (Å²) in [6.45, 7) is 2.70. The van der Waals surface area contributed by atoms with Crippen molar-refractivity contribution < 1.29 is 13.2 Å². The van der Waals surface area contributed by atoms with E-state index in [2.05, 4.69) is 13.0 Å². The Kier molecular flexibility index (Phi) is 7.33. The summed E-state index contributed by atoms with van der Waals surface area (Å²) in [5.74, 6) is 1.35. The molecule has 1 amide bonds. The molecule has 136 valence electrons. The number of hydrogen-bond donors (Lipinski definition) is 0. The van der Waals surface area contributed by atoms with Crippen LogP contribution in [0.4, 0.5) is 0 Å². The normalized spacial score (nSPS) is 18.6. The molecule has 0 aliphatic carbocycles. The van der Waals surface area contributed by atoms with Crippen LogP contribution >= 0.6 is 11.8 Å². The molecule has 0 spiro atoms. The van der Waals surface area contributed by atoms with E-state index < -0.39 is 9.84 Å². The van der Waals surface area contributed by atoms with Crippen molar-refractivity contribution in [2.45, 2.75) is 38.0 Å². The van der Waals surface area contributed by atoms with Gasteiger partial charge in [0.25, 0.3) is 0 Å². The monoisotopic (exact) mass is 380 g/mol. The van der Waals surface area contributed by atoms with E-state index in [1.807, 2.05) is 12.1 Å². The first-order chi connectivity index (χ1) is 11.9. The molecule has 0 saturated carbocycles. The smallest absolute Gasteiger partial charge is 0.232 e. The van der Waals surface area contributed by atoms with Gasteiger partial charge in [-0.25, -0.2) is 8.42 Å². The highest BCUT2D eigenvalue weighted by atomic mass is 32.2. The van der Waals surface area contributed by atoms with Gasteiger partial charge in [-0.3, -0.25) is 4.79 Å². The van der Waals surface area contributed by atoms with Crippen molar-refractivity contribution in [3.05, 3.63) is 35.4 Å². The van der Waals surface area contributed by atoms with Gasteiger partial charge in [0.15, 0.2) is 9.84 Å². The van der Waals surface area contributed by atoms with E-state index >= 15 is 0 Å². The predicted molar refractivity (Wildman–Crippen MR) is 101 cm³/mol. The molecule has 1 aliphatic heterocycles. The van der Waals surface area contributed by atoms with Crippen molar-refractivity contribution in [2.24, 2.45) is 0 Å². The minimum atomic E-state index is -3.00. The minimum absolute atomic E-state index is 0.0224. The lowest BCUT2D eigenvalue weighted by atomic mass is 10.2. The van der Waals surface area contributed by atoms with E-state index in [0.717, 1.165) is 18.4 Å². The summed E-state index contributed by atoms with van der Waals surface area (Å²) in [6, 6.07) is 9.26. The molecule has 1 unspecified atom stereocenters. The first-order valence-electron chi connectivity index (χ1n) is 8.52. The van der Waals surface area contributed by atoms with Crippen LogP contribution in [0.3, 0.4) is 0 Å². The third kappa shape index (κ3) is 6.05. The van der Waals surface area contributed by atoms with Crippen LogP contribution in [0.2, 0.25) is 0 Å². The topological polar surface area (TPSA) is 78.2 Å². The Morgan fingerprint density at radius 3 is 2.64 bits per heavy atom. The van der Waals surface area contributed by atoms with E-state index in [4.69, 9.17) is 5.26 Å². The fourth-order valence-corrected chi connectivity index (χ4v) is 5.48. The molecule has 25 heavy (non-hydrogen) atoms. The standard InChI is InChI=1S/C18H24N2O3S2/c1-2-3-9-20(17-8-10-25(22,23)14-17)18(21)13-24-12-16-6-4-15(11-19)5-7-16/h4-7,17H,2-3,8-10,12-14H2,1H3. The largest absolute Gasteiger partial charge is 0.338 e. The fourth-order valence-electron chi connectivity index (χ4n) is 2.88. The molecule has 0 N–H and O–H groups in total. The number of unbranched alkanes of at least 4 members (excludes halogenated alkanes) is 1. The van der Waals surface area contributed by atoms with E-state index in [1.54, 1.807) is 17.0 Å². The van der Waals surface area contributed by atoms with Gasteiger partial charge in [0.2, 0.25) is 5.91 Å². The first-order valence-corrected chi connectivity index (χ1v) is 11.5. The number of benzene rings is 1. The maximum absolute atomic E-state index is 12.6. The number of amides is 1. The minimum Gasteiger partial charge on any atom is -0.338 e. The highest BCUT2D eigenvalue weighted by Gasteiger charge is 2.34. The molecular formula is C18H24N2O3S2. The number of rotatable bonds is 8. The third-order valence-electron chi connectivity index (χ3n) is 4.30. The Bertz CT molecular complexity index is 724.